The van der Waals surface area contributed by atoms with Crippen molar-refractivity contribution in [2.45, 2.75) is 80.7 Å². The van der Waals surface area contributed by atoms with E-state index in [1.165, 1.54) is 29.7 Å². The Labute approximate surface area is 314 Å². The third-order valence-corrected chi connectivity index (χ3v) is 10.3. The first-order chi connectivity index (χ1) is 25.7. The molecule has 0 bridgehead atoms. The molecule has 0 spiro atoms. The first-order valence-corrected chi connectivity index (χ1v) is 19.7. The molecule has 247 valence electrons. The zero-order valence-corrected chi connectivity index (χ0v) is 32.3. The second kappa shape index (κ2) is 15.0. The number of pyridine rings is 3. The number of rotatable bonds is 6. The molecule has 0 atom stereocenters. The summed E-state index contributed by atoms with van der Waals surface area (Å²) in [6.07, 6.45) is -0.190. The van der Waals surface area contributed by atoms with Crippen molar-refractivity contribution in [1.29, 1.82) is 0 Å². The van der Waals surface area contributed by atoms with Crippen LogP contribution in [-0.2, 0) is 32.9 Å². The summed E-state index contributed by atoms with van der Waals surface area (Å²) in [5.74, 6) is -0.0856. The van der Waals surface area contributed by atoms with E-state index in [4.69, 9.17) is 13.7 Å². The second-order valence-corrected chi connectivity index (χ2v) is 19.7. The quantitative estimate of drug-likeness (QED) is 0.124. The van der Waals surface area contributed by atoms with Gasteiger partial charge in [0.1, 0.15) is 4.83 Å². The van der Waals surface area contributed by atoms with Gasteiger partial charge in [0.2, 0.25) is 0 Å². The van der Waals surface area contributed by atoms with Crippen LogP contribution in [0.3, 0.4) is 0 Å². The van der Waals surface area contributed by atoms with Crippen molar-refractivity contribution in [3.05, 3.63) is 108 Å². The molecule has 0 unspecified atom stereocenters. The second-order valence-electron chi connectivity index (χ2n) is 13.7. The van der Waals surface area contributed by atoms with Crippen LogP contribution in [0.2, 0.25) is 19.6 Å². The summed E-state index contributed by atoms with van der Waals surface area (Å²) in [5.41, 5.74) is 2.56. The van der Waals surface area contributed by atoms with Crippen molar-refractivity contribution in [2.75, 3.05) is 0 Å². The predicted molar refractivity (Wildman–Crippen MR) is 202 cm³/mol. The smallest absolute Gasteiger partial charge is 0.113 e. The Morgan fingerprint density at radius 1 is 0.894 bits per heavy atom. The molecule has 0 aliphatic carbocycles. The fraction of sp³-hybridized carbons (Fsp3) is 0.341. The number of benzene rings is 2. The molecule has 0 saturated heterocycles. The Morgan fingerprint density at radius 3 is 2.32 bits per heavy atom. The zero-order chi connectivity index (χ0) is 41.8. The molecule has 4 aromatic heterocycles. The van der Waals surface area contributed by atoms with Crippen LogP contribution in [0.15, 0.2) is 73.1 Å². The number of thiophene rings is 1. The number of fused-ring (bicyclic) bond motifs is 3. The van der Waals surface area contributed by atoms with E-state index in [-0.39, 0.29) is 42.8 Å². The molecule has 47 heavy (non-hydrogen) atoms. The summed E-state index contributed by atoms with van der Waals surface area (Å²) >= 11 is 1.30. The Balaban J connectivity index is 0.000000272. The minimum Gasteiger partial charge on any atom is -0.305 e. The first kappa shape index (κ1) is 25.0. The monoisotopic (exact) mass is 844 g/mol. The van der Waals surface area contributed by atoms with Crippen molar-refractivity contribution in [2.24, 2.45) is 11.3 Å². The molecular weight excluding hydrogens is 787 g/mol. The summed E-state index contributed by atoms with van der Waals surface area (Å²) in [7, 11) is -1.67. The van der Waals surface area contributed by atoms with Gasteiger partial charge in [-0.1, -0.05) is 89.0 Å². The van der Waals surface area contributed by atoms with E-state index in [0.29, 0.717) is 16.1 Å². The van der Waals surface area contributed by atoms with Gasteiger partial charge in [0.25, 0.3) is 0 Å². The van der Waals surface area contributed by atoms with Gasteiger partial charge in [-0.05, 0) is 76.1 Å². The third kappa shape index (κ3) is 9.11. The molecule has 0 fully saturated rings. The van der Waals surface area contributed by atoms with E-state index in [0.717, 1.165) is 37.5 Å². The molecule has 4 heterocycles. The maximum Gasteiger partial charge on any atom is 0.113 e. The van der Waals surface area contributed by atoms with Gasteiger partial charge in [0.05, 0.1) is 8.07 Å². The largest absolute Gasteiger partial charge is 0.305 e. The van der Waals surface area contributed by atoms with Crippen molar-refractivity contribution in [3.63, 3.8) is 0 Å². The minimum absolute atomic E-state index is 0. The summed E-state index contributed by atoms with van der Waals surface area (Å²) in [6, 6.07) is 24.3. The number of aryl methyl sites for hydroxylation is 2. The normalized spacial score (nSPS) is 16.1. The molecule has 6 rings (SSSR count). The fourth-order valence-electron chi connectivity index (χ4n) is 5.10. The molecule has 2 aromatic carbocycles. The van der Waals surface area contributed by atoms with Crippen LogP contribution in [0.25, 0.3) is 42.8 Å². The fourth-order valence-corrected chi connectivity index (χ4v) is 7.68. The van der Waals surface area contributed by atoms with E-state index >= 15 is 0 Å². The number of hydrogen-bond acceptors (Lipinski definition) is 4. The van der Waals surface area contributed by atoms with Gasteiger partial charge < -0.3 is 9.97 Å². The van der Waals surface area contributed by atoms with Gasteiger partial charge in [-0.15, -0.1) is 59.7 Å². The van der Waals surface area contributed by atoms with Crippen LogP contribution in [0.1, 0.15) is 70.7 Å². The summed E-state index contributed by atoms with van der Waals surface area (Å²) in [4.78, 5) is 13.9. The molecule has 1 radical (unpaired) electrons. The van der Waals surface area contributed by atoms with Crippen molar-refractivity contribution >= 4 is 44.9 Å². The molecule has 0 aliphatic rings. The number of aromatic nitrogens is 3. The maximum atomic E-state index is 8.75. The average molecular weight is 844 g/mol. The molecule has 6 aromatic rings. The van der Waals surface area contributed by atoms with Gasteiger partial charge in [-0.3, -0.25) is 0 Å². The van der Waals surface area contributed by atoms with Gasteiger partial charge in [0, 0.05) is 51.9 Å². The van der Waals surface area contributed by atoms with E-state index < -0.39 is 39.9 Å². The predicted octanol–water partition coefficient (Wildman–Crippen LogP) is 10.8. The van der Waals surface area contributed by atoms with Gasteiger partial charge in [-0.25, -0.2) is 4.98 Å². The van der Waals surface area contributed by atoms with E-state index in [1.807, 2.05) is 56.4 Å². The summed E-state index contributed by atoms with van der Waals surface area (Å²) in [5, 5.41) is 2.75. The molecule has 0 aliphatic heterocycles. The minimum atomic E-state index is -2.53. The van der Waals surface area contributed by atoms with Crippen LogP contribution < -0.4 is 5.19 Å². The van der Waals surface area contributed by atoms with Crippen molar-refractivity contribution < 1.29 is 33.8 Å². The van der Waals surface area contributed by atoms with Crippen molar-refractivity contribution in [3.8, 4) is 22.5 Å². The Bertz CT molecular complexity index is 2360. The van der Waals surface area contributed by atoms with Crippen LogP contribution in [0.4, 0.5) is 0 Å². The summed E-state index contributed by atoms with van der Waals surface area (Å²) < 4.78 is 82.0. The Kier molecular flexibility index (Phi) is 8.00. The van der Waals surface area contributed by atoms with Gasteiger partial charge in [-0.2, -0.15) is 11.3 Å². The zero-order valence-electron chi connectivity index (χ0n) is 38.1. The van der Waals surface area contributed by atoms with E-state index in [2.05, 4.69) is 46.7 Å². The first-order valence-electron chi connectivity index (χ1n) is 20.4. The molecule has 0 N–H and O–H groups in total. The standard InChI is InChI=1S/C23H23N2S.C18H24NSi.Ir/c1-14-13-24-20(11-16(14)12-23(3,4)5)19-8-6-7-17-18-10-9-15(2)25-22(18)26-21(17)19;1-14(2)11-16-12-17(15-9-7-6-8-10-15)19-13-18(16)20(3,4)5;/h6-7,9-11,13H,12H2,1-5H3;6-9,12-14H,11H2,1-5H3;/q2*-1;/i1D3,2D3,12D2;11D2;. The van der Waals surface area contributed by atoms with E-state index in [1.54, 1.807) is 32.9 Å². The Hall–Kier alpha value is -3.02. The number of hydrogen-bond donors (Lipinski definition) is 0. The summed E-state index contributed by atoms with van der Waals surface area (Å²) in [6.45, 7) is 10.9. The topological polar surface area (TPSA) is 38.7 Å². The SMILES string of the molecule is [2H]C([2H])([2H])c1ccc2c(n1)sc1c(-c3cc(C([2H])([2H])C(C)(C)C)c(C([2H])([2H])[2H])cn3)[c-]ccc12.[2H]C([2H])(c1cc(-c2[c-]cccc2)ncc1[Si](C)(C)C)C(C)C.[Ir]. The van der Waals surface area contributed by atoms with E-state index in [9.17, 15) is 0 Å². The van der Waals surface area contributed by atoms with Crippen molar-refractivity contribution in [1.82, 2.24) is 15.0 Å². The Morgan fingerprint density at radius 2 is 1.66 bits per heavy atom. The number of nitrogens with zero attached hydrogens (tertiary/aromatic N) is 3. The average Bonchev–Trinajstić information content (AvgIpc) is 3.48. The molecule has 6 heteroatoms. The van der Waals surface area contributed by atoms with Crippen LogP contribution in [0, 0.1) is 37.2 Å². The van der Waals surface area contributed by atoms with Gasteiger partial charge >= 0.3 is 0 Å². The molecular formula is C41H47IrN3SSi-2. The molecule has 0 amide bonds. The molecule has 3 nitrogen and oxygen atoms in total. The van der Waals surface area contributed by atoms with Gasteiger partial charge in [0.15, 0.2) is 0 Å². The molecule has 0 saturated carbocycles. The van der Waals surface area contributed by atoms with Crippen LogP contribution in [0.5, 0.6) is 0 Å². The van der Waals surface area contributed by atoms with Crippen LogP contribution >= 0.6 is 11.3 Å². The maximum absolute atomic E-state index is 8.75. The van der Waals surface area contributed by atoms with Crippen LogP contribution in [-0.4, -0.2) is 23.0 Å². The third-order valence-electron chi connectivity index (χ3n) is 7.11.